The molecule has 0 aliphatic carbocycles. The van der Waals surface area contributed by atoms with Crippen molar-refractivity contribution in [1.29, 1.82) is 0 Å². The molecular weight excluding hydrogens is 274 g/mol. The lowest BCUT2D eigenvalue weighted by atomic mass is 10.0. The second kappa shape index (κ2) is 5.94. The molecule has 1 rings (SSSR count). The maximum Gasteiger partial charge on any atom is 0.389 e. The van der Waals surface area contributed by atoms with Gasteiger partial charge in [0.05, 0.1) is 0 Å². The van der Waals surface area contributed by atoms with Gasteiger partial charge in [0.2, 0.25) is 0 Å². The highest BCUT2D eigenvalue weighted by molar-refractivity contribution is 6.35. The van der Waals surface area contributed by atoms with E-state index in [2.05, 4.69) is 5.32 Å². The SMILES string of the molecule is CNC(CCC(F)(F)F)c1ccc(Cl)cc1Cl. The minimum atomic E-state index is -4.16. The first kappa shape index (κ1) is 14.6. The maximum absolute atomic E-state index is 12.2. The predicted molar refractivity (Wildman–Crippen MR) is 63.6 cm³/mol. The summed E-state index contributed by atoms with van der Waals surface area (Å²) in [4.78, 5) is 0. The molecule has 0 spiro atoms. The highest BCUT2D eigenvalue weighted by atomic mass is 35.5. The van der Waals surface area contributed by atoms with Gasteiger partial charge in [-0.2, -0.15) is 13.2 Å². The number of benzene rings is 1. The van der Waals surface area contributed by atoms with Crippen LogP contribution >= 0.6 is 23.2 Å². The summed E-state index contributed by atoms with van der Waals surface area (Å²) in [6.07, 6.45) is -5.06. The van der Waals surface area contributed by atoms with Gasteiger partial charge in [0.25, 0.3) is 0 Å². The Labute approximate surface area is 108 Å². The van der Waals surface area contributed by atoms with Crippen LogP contribution in [-0.2, 0) is 0 Å². The molecule has 1 nitrogen and oxygen atoms in total. The lowest BCUT2D eigenvalue weighted by molar-refractivity contribution is -0.136. The first-order valence-electron chi connectivity index (χ1n) is 5.02. The zero-order chi connectivity index (χ0) is 13.1. The summed E-state index contributed by atoms with van der Waals surface area (Å²) < 4.78 is 36.5. The van der Waals surface area contributed by atoms with Crippen molar-refractivity contribution in [3.8, 4) is 0 Å². The standard InChI is InChI=1S/C11H12Cl2F3N/c1-17-10(4-5-11(14,15)16)8-3-2-7(12)6-9(8)13/h2-3,6,10,17H,4-5H2,1H3. The molecule has 0 bridgehead atoms. The number of rotatable bonds is 4. The Morgan fingerprint density at radius 2 is 1.94 bits per heavy atom. The minimum absolute atomic E-state index is 0.0542. The van der Waals surface area contributed by atoms with Crippen LogP contribution in [0.5, 0.6) is 0 Å². The summed E-state index contributed by atoms with van der Waals surface area (Å²) in [5, 5.41) is 3.66. The summed E-state index contributed by atoms with van der Waals surface area (Å²) >= 11 is 11.7. The summed E-state index contributed by atoms with van der Waals surface area (Å²) in [6, 6.07) is 4.35. The van der Waals surface area contributed by atoms with E-state index in [4.69, 9.17) is 23.2 Å². The van der Waals surface area contributed by atoms with Crippen LogP contribution in [0.2, 0.25) is 10.0 Å². The molecule has 1 aromatic rings. The fourth-order valence-electron chi connectivity index (χ4n) is 1.55. The summed E-state index contributed by atoms with van der Waals surface area (Å²) in [5.74, 6) is 0. The van der Waals surface area contributed by atoms with E-state index in [0.717, 1.165) is 0 Å². The fraction of sp³-hybridized carbons (Fsp3) is 0.455. The molecule has 0 heterocycles. The van der Waals surface area contributed by atoms with Gasteiger partial charge in [-0.1, -0.05) is 29.3 Å². The minimum Gasteiger partial charge on any atom is -0.313 e. The van der Waals surface area contributed by atoms with E-state index >= 15 is 0 Å². The van der Waals surface area contributed by atoms with Crippen LogP contribution < -0.4 is 5.32 Å². The van der Waals surface area contributed by atoms with Gasteiger partial charge in [0, 0.05) is 22.5 Å². The molecule has 1 atom stereocenters. The summed E-state index contributed by atoms with van der Waals surface area (Å²) in [7, 11) is 1.60. The fourth-order valence-corrected chi connectivity index (χ4v) is 2.09. The topological polar surface area (TPSA) is 12.0 Å². The molecule has 96 valence electrons. The van der Waals surface area contributed by atoms with Crippen molar-refractivity contribution >= 4 is 23.2 Å². The second-order valence-electron chi connectivity index (χ2n) is 3.66. The summed E-state index contributed by atoms with van der Waals surface area (Å²) in [6.45, 7) is 0. The third kappa shape index (κ3) is 4.74. The third-order valence-corrected chi connectivity index (χ3v) is 2.97. The van der Waals surface area contributed by atoms with Gasteiger partial charge < -0.3 is 5.32 Å². The number of hydrogen-bond donors (Lipinski definition) is 1. The summed E-state index contributed by atoms with van der Waals surface area (Å²) in [5.41, 5.74) is 0.628. The van der Waals surface area contributed by atoms with E-state index in [9.17, 15) is 13.2 Å². The molecule has 0 radical (unpaired) electrons. The first-order chi connectivity index (χ1) is 7.83. The van der Waals surface area contributed by atoms with Gasteiger partial charge in [-0.25, -0.2) is 0 Å². The van der Waals surface area contributed by atoms with Gasteiger partial charge in [0.1, 0.15) is 0 Å². The van der Waals surface area contributed by atoms with Gasteiger partial charge in [-0.05, 0) is 31.2 Å². The van der Waals surface area contributed by atoms with Crippen molar-refractivity contribution in [3.63, 3.8) is 0 Å². The van der Waals surface area contributed by atoms with E-state index in [1.54, 1.807) is 19.2 Å². The lowest BCUT2D eigenvalue weighted by Gasteiger charge is -2.19. The number of hydrogen-bond acceptors (Lipinski definition) is 1. The van der Waals surface area contributed by atoms with Crippen LogP contribution in [0, 0.1) is 0 Å². The molecule has 1 N–H and O–H groups in total. The van der Waals surface area contributed by atoms with Crippen LogP contribution in [0.15, 0.2) is 18.2 Å². The van der Waals surface area contributed by atoms with Crippen LogP contribution in [0.4, 0.5) is 13.2 Å². The molecule has 1 unspecified atom stereocenters. The average Bonchev–Trinajstić information content (AvgIpc) is 2.19. The Balaban J connectivity index is 2.79. The normalized spacial score (nSPS) is 13.8. The van der Waals surface area contributed by atoms with Crippen LogP contribution in [0.3, 0.4) is 0 Å². The van der Waals surface area contributed by atoms with Gasteiger partial charge >= 0.3 is 6.18 Å². The Bertz CT molecular complexity index is 379. The zero-order valence-electron chi connectivity index (χ0n) is 9.11. The molecule has 1 aromatic carbocycles. The first-order valence-corrected chi connectivity index (χ1v) is 5.78. The molecule has 0 fully saturated rings. The average molecular weight is 286 g/mol. The second-order valence-corrected chi connectivity index (χ2v) is 4.50. The van der Waals surface area contributed by atoms with E-state index in [-0.39, 0.29) is 6.42 Å². The largest absolute Gasteiger partial charge is 0.389 e. The van der Waals surface area contributed by atoms with Gasteiger partial charge in [0.15, 0.2) is 0 Å². The molecule has 0 aliphatic rings. The lowest BCUT2D eigenvalue weighted by Crippen LogP contribution is -2.20. The quantitative estimate of drug-likeness (QED) is 0.853. The molecular formula is C11H12Cl2F3N. The van der Waals surface area contributed by atoms with Gasteiger partial charge in [-0.3, -0.25) is 0 Å². The highest BCUT2D eigenvalue weighted by Gasteiger charge is 2.28. The van der Waals surface area contributed by atoms with E-state index in [1.807, 2.05) is 0 Å². The van der Waals surface area contributed by atoms with Crippen molar-refractivity contribution in [3.05, 3.63) is 33.8 Å². The third-order valence-electron chi connectivity index (χ3n) is 2.40. The van der Waals surface area contributed by atoms with Gasteiger partial charge in [-0.15, -0.1) is 0 Å². The highest BCUT2D eigenvalue weighted by Crippen LogP contribution is 2.31. The van der Waals surface area contributed by atoms with E-state index in [1.165, 1.54) is 6.07 Å². The maximum atomic E-state index is 12.2. The Kier molecular flexibility index (Phi) is 5.10. The Morgan fingerprint density at radius 1 is 1.29 bits per heavy atom. The Morgan fingerprint density at radius 3 is 2.41 bits per heavy atom. The molecule has 0 amide bonds. The van der Waals surface area contributed by atoms with Crippen molar-refractivity contribution in [2.24, 2.45) is 0 Å². The van der Waals surface area contributed by atoms with Crippen molar-refractivity contribution in [2.75, 3.05) is 7.05 Å². The van der Waals surface area contributed by atoms with Crippen LogP contribution in [-0.4, -0.2) is 13.2 Å². The Hall–Kier alpha value is -0.450. The predicted octanol–water partition coefficient (Wildman–Crippen LogP) is 4.60. The van der Waals surface area contributed by atoms with E-state index in [0.29, 0.717) is 15.6 Å². The van der Waals surface area contributed by atoms with Crippen LogP contribution in [0.25, 0.3) is 0 Å². The zero-order valence-corrected chi connectivity index (χ0v) is 10.6. The molecule has 0 saturated carbocycles. The van der Waals surface area contributed by atoms with Crippen LogP contribution in [0.1, 0.15) is 24.4 Å². The monoisotopic (exact) mass is 285 g/mol. The molecule has 0 aromatic heterocycles. The van der Waals surface area contributed by atoms with E-state index < -0.39 is 18.6 Å². The molecule has 6 heteroatoms. The molecule has 0 saturated heterocycles. The van der Waals surface area contributed by atoms with Crippen molar-refractivity contribution in [2.45, 2.75) is 25.1 Å². The van der Waals surface area contributed by atoms with Crippen molar-refractivity contribution in [1.82, 2.24) is 5.32 Å². The van der Waals surface area contributed by atoms with Crippen molar-refractivity contribution < 1.29 is 13.2 Å². The number of alkyl halides is 3. The smallest absolute Gasteiger partial charge is 0.313 e. The number of nitrogens with one attached hydrogen (secondary N) is 1. The molecule has 0 aliphatic heterocycles. The molecule has 17 heavy (non-hydrogen) atoms. The number of halogens is 5.